The van der Waals surface area contributed by atoms with Crippen molar-refractivity contribution < 1.29 is 13.2 Å². The Kier molecular flexibility index (Phi) is 5.41. The lowest BCUT2D eigenvalue weighted by atomic mass is 10.1. The van der Waals surface area contributed by atoms with Crippen molar-refractivity contribution in [1.29, 1.82) is 0 Å². The molecule has 1 aliphatic heterocycles. The van der Waals surface area contributed by atoms with Crippen molar-refractivity contribution in [1.82, 2.24) is 9.80 Å². The maximum Gasteiger partial charge on any atom is 0.321 e. The highest BCUT2D eigenvalue weighted by atomic mass is 32.2. The molecule has 0 aromatic heterocycles. The minimum atomic E-state index is -3.30. The van der Waals surface area contributed by atoms with Crippen LogP contribution in [0.1, 0.15) is 37.1 Å². The van der Waals surface area contributed by atoms with Crippen LogP contribution in [0.2, 0.25) is 0 Å². The SMILES string of the molecule is C[C@@H](c1ccccc1)N1CCN([C@@H](C)c2ccc(NS(C)(=O)=O)cc2)C1=O. The zero-order chi connectivity index (χ0) is 19.6. The molecule has 2 atom stereocenters. The molecule has 1 aliphatic rings. The van der Waals surface area contributed by atoms with E-state index in [0.29, 0.717) is 18.8 Å². The van der Waals surface area contributed by atoms with Crippen LogP contribution in [-0.4, -0.2) is 43.6 Å². The molecule has 1 saturated heterocycles. The van der Waals surface area contributed by atoms with Gasteiger partial charge >= 0.3 is 6.03 Å². The first-order valence-corrected chi connectivity index (χ1v) is 10.9. The molecule has 27 heavy (non-hydrogen) atoms. The quantitative estimate of drug-likeness (QED) is 0.823. The first kappa shape index (κ1) is 19.2. The summed E-state index contributed by atoms with van der Waals surface area (Å²) in [6.07, 6.45) is 1.12. The van der Waals surface area contributed by atoms with Crippen LogP contribution in [0.5, 0.6) is 0 Å². The molecule has 1 fully saturated rings. The summed E-state index contributed by atoms with van der Waals surface area (Å²) in [5, 5.41) is 0. The minimum absolute atomic E-state index is 0.0252. The second-order valence-corrected chi connectivity index (χ2v) is 8.68. The Balaban J connectivity index is 1.71. The van der Waals surface area contributed by atoms with Gasteiger partial charge in [-0.1, -0.05) is 42.5 Å². The molecule has 2 amide bonds. The van der Waals surface area contributed by atoms with E-state index in [4.69, 9.17) is 0 Å². The average molecular weight is 388 g/mol. The van der Waals surface area contributed by atoms with Crippen LogP contribution in [0.15, 0.2) is 54.6 Å². The van der Waals surface area contributed by atoms with Gasteiger partial charge in [-0.3, -0.25) is 4.72 Å². The van der Waals surface area contributed by atoms with Gasteiger partial charge in [0.2, 0.25) is 10.0 Å². The van der Waals surface area contributed by atoms with Crippen molar-refractivity contribution in [3.8, 4) is 0 Å². The number of hydrogen-bond acceptors (Lipinski definition) is 3. The summed E-state index contributed by atoms with van der Waals surface area (Å²) in [4.78, 5) is 16.7. The molecular formula is C20H25N3O3S. The number of carbonyl (C=O) groups excluding carboxylic acids is 1. The number of hydrogen-bond donors (Lipinski definition) is 1. The van der Waals surface area contributed by atoms with E-state index in [0.717, 1.165) is 17.4 Å². The Labute approximate surface area is 160 Å². The number of rotatable bonds is 6. The lowest BCUT2D eigenvalue weighted by molar-refractivity contribution is 0.170. The van der Waals surface area contributed by atoms with E-state index in [9.17, 15) is 13.2 Å². The van der Waals surface area contributed by atoms with E-state index < -0.39 is 10.0 Å². The molecule has 144 valence electrons. The van der Waals surface area contributed by atoms with E-state index in [1.165, 1.54) is 0 Å². The van der Waals surface area contributed by atoms with E-state index in [1.54, 1.807) is 12.1 Å². The Bertz CT molecular complexity index is 898. The Morgan fingerprint density at radius 2 is 1.33 bits per heavy atom. The lowest BCUT2D eigenvalue weighted by Gasteiger charge is -2.28. The summed E-state index contributed by atoms with van der Waals surface area (Å²) < 4.78 is 25.1. The van der Waals surface area contributed by atoms with Gasteiger partial charge in [-0.15, -0.1) is 0 Å². The second kappa shape index (κ2) is 7.60. The van der Waals surface area contributed by atoms with Crippen LogP contribution in [0.3, 0.4) is 0 Å². The number of amides is 2. The van der Waals surface area contributed by atoms with Crippen LogP contribution in [0.25, 0.3) is 0 Å². The van der Waals surface area contributed by atoms with Gasteiger partial charge in [0.1, 0.15) is 0 Å². The summed E-state index contributed by atoms with van der Waals surface area (Å²) in [6.45, 7) is 5.40. The van der Waals surface area contributed by atoms with E-state index in [-0.39, 0.29) is 18.1 Å². The van der Waals surface area contributed by atoms with E-state index in [2.05, 4.69) is 4.72 Å². The predicted molar refractivity (Wildman–Crippen MR) is 107 cm³/mol. The molecule has 3 rings (SSSR count). The summed E-state index contributed by atoms with van der Waals surface area (Å²) in [7, 11) is -3.30. The first-order valence-electron chi connectivity index (χ1n) is 8.96. The van der Waals surface area contributed by atoms with Crippen LogP contribution in [-0.2, 0) is 10.0 Å². The molecule has 1 heterocycles. The molecule has 0 radical (unpaired) electrons. The Morgan fingerprint density at radius 1 is 0.852 bits per heavy atom. The fraction of sp³-hybridized carbons (Fsp3) is 0.350. The fourth-order valence-corrected chi connectivity index (χ4v) is 3.99. The average Bonchev–Trinajstić information content (AvgIpc) is 3.02. The molecule has 2 aromatic rings. The molecule has 1 N–H and O–H groups in total. The van der Waals surface area contributed by atoms with E-state index >= 15 is 0 Å². The second-order valence-electron chi connectivity index (χ2n) is 6.93. The van der Waals surface area contributed by atoms with Crippen molar-refractivity contribution in [3.63, 3.8) is 0 Å². The van der Waals surface area contributed by atoms with Gasteiger partial charge < -0.3 is 9.80 Å². The molecule has 0 saturated carbocycles. The molecule has 0 unspecified atom stereocenters. The Morgan fingerprint density at radius 3 is 1.81 bits per heavy atom. The number of urea groups is 1. The number of nitrogens with one attached hydrogen (secondary N) is 1. The molecule has 0 spiro atoms. The third-order valence-electron chi connectivity index (χ3n) is 4.99. The topological polar surface area (TPSA) is 69.7 Å². The van der Waals surface area contributed by atoms with Crippen LogP contribution >= 0.6 is 0 Å². The smallest absolute Gasteiger partial charge is 0.316 e. The number of anilines is 1. The maximum atomic E-state index is 12.9. The molecule has 7 heteroatoms. The van der Waals surface area contributed by atoms with Crippen molar-refractivity contribution in [2.75, 3.05) is 24.1 Å². The van der Waals surface area contributed by atoms with Gasteiger partial charge in [-0.25, -0.2) is 13.2 Å². The number of nitrogens with zero attached hydrogens (tertiary/aromatic N) is 2. The largest absolute Gasteiger partial charge is 0.321 e. The third-order valence-corrected chi connectivity index (χ3v) is 5.59. The number of carbonyl (C=O) groups is 1. The van der Waals surface area contributed by atoms with Crippen LogP contribution in [0, 0.1) is 0 Å². The first-order chi connectivity index (χ1) is 12.8. The van der Waals surface area contributed by atoms with Crippen LogP contribution in [0.4, 0.5) is 10.5 Å². The van der Waals surface area contributed by atoms with Crippen LogP contribution < -0.4 is 4.72 Å². The molecule has 0 aliphatic carbocycles. The minimum Gasteiger partial charge on any atom is -0.316 e. The monoisotopic (exact) mass is 387 g/mol. The summed E-state index contributed by atoms with van der Waals surface area (Å²) in [5.41, 5.74) is 2.61. The zero-order valence-corrected chi connectivity index (χ0v) is 16.6. The molecule has 6 nitrogen and oxygen atoms in total. The van der Waals surface area contributed by atoms with Gasteiger partial charge in [0.25, 0.3) is 0 Å². The maximum absolute atomic E-state index is 12.9. The highest BCUT2D eigenvalue weighted by Crippen LogP contribution is 2.30. The Hall–Kier alpha value is -2.54. The van der Waals surface area contributed by atoms with Gasteiger partial charge in [-0.2, -0.15) is 0 Å². The molecule has 0 bridgehead atoms. The summed E-state index contributed by atoms with van der Waals surface area (Å²) in [6, 6.07) is 17.1. The normalized spacial score (nSPS) is 17.1. The fourth-order valence-electron chi connectivity index (χ4n) is 3.43. The van der Waals surface area contributed by atoms with E-state index in [1.807, 2.05) is 66.1 Å². The summed E-state index contributed by atoms with van der Waals surface area (Å²) >= 11 is 0. The summed E-state index contributed by atoms with van der Waals surface area (Å²) in [5.74, 6) is 0. The number of benzene rings is 2. The highest BCUT2D eigenvalue weighted by molar-refractivity contribution is 7.92. The molecular weight excluding hydrogens is 362 g/mol. The zero-order valence-electron chi connectivity index (χ0n) is 15.8. The third kappa shape index (κ3) is 4.42. The van der Waals surface area contributed by atoms with Gasteiger partial charge in [0, 0.05) is 18.8 Å². The molecule has 2 aromatic carbocycles. The van der Waals surface area contributed by atoms with Gasteiger partial charge in [0.15, 0.2) is 0 Å². The van der Waals surface area contributed by atoms with Crippen molar-refractivity contribution in [2.45, 2.75) is 25.9 Å². The number of sulfonamides is 1. The van der Waals surface area contributed by atoms with Gasteiger partial charge in [-0.05, 0) is 37.1 Å². The van der Waals surface area contributed by atoms with Crippen molar-refractivity contribution in [2.24, 2.45) is 0 Å². The van der Waals surface area contributed by atoms with Crippen molar-refractivity contribution >= 4 is 21.7 Å². The predicted octanol–water partition coefficient (Wildman–Crippen LogP) is 3.62. The van der Waals surface area contributed by atoms with Gasteiger partial charge in [0.05, 0.1) is 18.3 Å². The van der Waals surface area contributed by atoms with Crippen molar-refractivity contribution in [3.05, 3.63) is 65.7 Å². The highest BCUT2D eigenvalue weighted by Gasteiger charge is 2.35. The standard InChI is InChI=1S/C20H25N3O3S/c1-15(17-7-5-4-6-8-17)22-13-14-23(20(22)24)16(2)18-9-11-19(12-10-18)21-27(3,25)26/h4-12,15-16,21H,13-14H2,1-3H3/t15-,16-/m0/s1. The lowest BCUT2D eigenvalue weighted by Crippen LogP contribution is -2.35.